The fourth-order valence-corrected chi connectivity index (χ4v) is 5.64. The summed E-state index contributed by atoms with van der Waals surface area (Å²) in [5, 5.41) is 6.67. The van der Waals surface area contributed by atoms with E-state index in [0.29, 0.717) is 5.92 Å². The molecule has 0 bridgehead atoms. The van der Waals surface area contributed by atoms with Crippen LogP contribution in [0.1, 0.15) is 36.1 Å². The molecule has 6 rings (SSSR count). The van der Waals surface area contributed by atoms with E-state index in [4.69, 9.17) is 4.98 Å². The van der Waals surface area contributed by atoms with Crippen molar-refractivity contribution in [2.75, 3.05) is 0 Å². The van der Waals surface area contributed by atoms with Gasteiger partial charge in [0.2, 0.25) is 0 Å². The SMILES string of the molecule is Cc1cc(C)c2c(c1)c1nccc3cc(CC(C)C)c4c5c(C)cccc5n2c4c31. The third-order valence-corrected chi connectivity index (χ3v) is 6.62. The molecule has 6 aromatic rings. The molecule has 0 saturated carbocycles. The van der Waals surface area contributed by atoms with Crippen molar-refractivity contribution in [3.63, 3.8) is 0 Å². The highest BCUT2D eigenvalue weighted by atomic mass is 14.9. The topological polar surface area (TPSA) is 17.3 Å². The zero-order valence-electron chi connectivity index (χ0n) is 18.3. The Morgan fingerprint density at radius 1 is 0.867 bits per heavy atom. The number of aromatic nitrogens is 2. The first-order chi connectivity index (χ1) is 14.5. The Morgan fingerprint density at radius 2 is 1.70 bits per heavy atom. The standard InChI is InChI=1S/C28H26N2/c1-15(2)11-20-14-19-9-10-29-26-21-13-16(3)12-18(5)27(21)30-22-8-6-7-17(4)23(22)24(20)28(30)25(19)26/h6-10,12-15H,11H2,1-5H3. The molecular weight excluding hydrogens is 364 g/mol. The van der Waals surface area contributed by atoms with Gasteiger partial charge >= 0.3 is 0 Å². The normalized spacial score (nSPS) is 12.6. The summed E-state index contributed by atoms with van der Waals surface area (Å²) in [4.78, 5) is 4.91. The Morgan fingerprint density at radius 3 is 2.50 bits per heavy atom. The molecule has 0 aliphatic heterocycles. The van der Waals surface area contributed by atoms with Gasteiger partial charge in [-0.15, -0.1) is 0 Å². The molecule has 0 unspecified atom stereocenters. The molecule has 3 aromatic heterocycles. The van der Waals surface area contributed by atoms with Crippen LogP contribution in [0.4, 0.5) is 0 Å². The van der Waals surface area contributed by atoms with Gasteiger partial charge in [0.05, 0.1) is 22.1 Å². The summed E-state index contributed by atoms with van der Waals surface area (Å²) in [7, 11) is 0. The molecule has 3 heterocycles. The summed E-state index contributed by atoms with van der Waals surface area (Å²) in [5.74, 6) is 0.606. The van der Waals surface area contributed by atoms with Gasteiger partial charge in [0.25, 0.3) is 0 Å². The van der Waals surface area contributed by atoms with Gasteiger partial charge in [-0.3, -0.25) is 4.98 Å². The van der Waals surface area contributed by atoms with Gasteiger partial charge in [-0.05, 0) is 73.4 Å². The Labute approximate surface area is 176 Å². The van der Waals surface area contributed by atoms with Crippen molar-refractivity contribution in [3.8, 4) is 0 Å². The van der Waals surface area contributed by atoms with Crippen LogP contribution in [0.15, 0.2) is 48.7 Å². The maximum atomic E-state index is 4.91. The van der Waals surface area contributed by atoms with Crippen molar-refractivity contribution in [2.24, 2.45) is 5.92 Å². The average molecular weight is 391 g/mol. The maximum Gasteiger partial charge on any atom is 0.0822 e. The summed E-state index contributed by atoms with van der Waals surface area (Å²) < 4.78 is 2.53. The first kappa shape index (κ1) is 17.7. The summed E-state index contributed by atoms with van der Waals surface area (Å²) >= 11 is 0. The molecule has 0 amide bonds. The largest absolute Gasteiger partial charge is 0.308 e. The predicted octanol–water partition coefficient (Wildman–Crippen LogP) is 7.51. The van der Waals surface area contributed by atoms with Crippen molar-refractivity contribution in [1.82, 2.24) is 9.38 Å². The van der Waals surface area contributed by atoms with Gasteiger partial charge in [-0.2, -0.15) is 0 Å². The summed E-state index contributed by atoms with van der Waals surface area (Å²) in [6.07, 6.45) is 3.06. The Hall–Kier alpha value is -3.13. The van der Waals surface area contributed by atoms with E-state index < -0.39 is 0 Å². The van der Waals surface area contributed by atoms with E-state index in [1.807, 2.05) is 6.20 Å². The third kappa shape index (κ3) is 2.17. The fraction of sp³-hybridized carbons (Fsp3) is 0.250. The van der Waals surface area contributed by atoms with Crippen LogP contribution < -0.4 is 0 Å². The number of pyridine rings is 2. The van der Waals surface area contributed by atoms with E-state index in [2.05, 4.69) is 81.5 Å². The molecular formula is C28H26N2. The molecule has 148 valence electrons. The molecule has 2 nitrogen and oxygen atoms in total. The predicted molar refractivity (Wildman–Crippen MR) is 129 cm³/mol. The van der Waals surface area contributed by atoms with E-state index in [0.717, 1.165) is 11.9 Å². The maximum absolute atomic E-state index is 4.91. The molecule has 0 aliphatic carbocycles. The molecule has 3 aromatic carbocycles. The van der Waals surface area contributed by atoms with Gasteiger partial charge in [0.15, 0.2) is 0 Å². The summed E-state index contributed by atoms with van der Waals surface area (Å²) in [6.45, 7) is 11.3. The van der Waals surface area contributed by atoms with Crippen LogP contribution in [-0.2, 0) is 6.42 Å². The average Bonchev–Trinajstić information content (AvgIpc) is 3.04. The van der Waals surface area contributed by atoms with Crippen LogP contribution in [0.25, 0.3) is 49.0 Å². The number of benzene rings is 3. The highest BCUT2D eigenvalue weighted by molar-refractivity contribution is 6.29. The first-order valence-electron chi connectivity index (χ1n) is 10.9. The van der Waals surface area contributed by atoms with Crippen molar-refractivity contribution < 1.29 is 0 Å². The lowest BCUT2D eigenvalue weighted by Gasteiger charge is -2.16. The Bertz CT molecular complexity index is 1620. The van der Waals surface area contributed by atoms with Crippen molar-refractivity contribution in [2.45, 2.75) is 41.0 Å². The number of hydrogen-bond acceptors (Lipinski definition) is 1. The van der Waals surface area contributed by atoms with E-state index >= 15 is 0 Å². The van der Waals surface area contributed by atoms with Crippen LogP contribution >= 0.6 is 0 Å². The van der Waals surface area contributed by atoms with Gasteiger partial charge in [0.1, 0.15) is 0 Å². The summed E-state index contributed by atoms with van der Waals surface area (Å²) in [5.41, 5.74) is 10.5. The quantitative estimate of drug-likeness (QED) is 0.221. The second kappa shape index (κ2) is 5.95. The Balaban J connectivity index is 2.06. The molecule has 0 spiro atoms. The van der Waals surface area contributed by atoms with Crippen LogP contribution in [0, 0.1) is 26.7 Å². The highest BCUT2D eigenvalue weighted by Crippen LogP contribution is 2.44. The number of aryl methyl sites for hydroxylation is 3. The van der Waals surface area contributed by atoms with E-state index in [-0.39, 0.29) is 0 Å². The Kier molecular flexibility index (Phi) is 3.51. The second-order valence-electron chi connectivity index (χ2n) is 9.40. The van der Waals surface area contributed by atoms with E-state index in [9.17, 15) is 0 Å². The van der Waals surface area contributed by atoms with Crippen molar-refractivity contribution in [1.29, 1.82) is 0 Å². The van der Waals surface area contributed by atoms with Crippen LogP contribution in [0.3, 0.4) is 0 Å². The van der Waals surface area contributed by atoms with E-state index in [1.165, 1.54) is 65.7 Å². The second-order valence-corrected chi connectivity index (χ2v) is 9.40. The monoisotopic (exact) mass is 390 g/mol. The first-order valence-corrected chi connectivity index (χ1v) is 10.9. The molecule has 30 heavy (non-hydrogen) atoms. The lowest BCUT2D eigenvalue weighted by atomic mass is 9.92. The molecule has 0 N–H and O–H groups in total. The molecule has 0 radical (unpaired) electrons. The number of rotatable bonds is 2. The lowest BCUT2D eigenvalue weighted by Crippen LogP contribution is -1.99. The van der Waals surface area contributed by atoms with Gasteiger partial charge in [0, 0.05) is 27.7 Å². The van der Waals surface area contributed by atoms with Gasteiger partial charge in [-0.25, -0.2) is 0 Å². The highest BCUT2D eigenvalue weighted by Gasteiger charge is 2.23. The van der Waals surface area contributed by atoms with Crippen molar-refractivity contribution >= 4 is 49.0 Å². The number of nitrogens with zero attached hydrogens (tertiary/aromatic N) is 2. The molecule has 2 heteroatoms. The molecule has 0 atom stereocenters. The molecule has 0 saturated heterocycles. The minimum atomic E-state index is 0.606. The zero-order valence-corrected chi connectivity index (χ0v) is 18.3. The minimum absolute atomic E-state index is 0.606. The number of fused-ring (bicyclic) bond motifs is 6. The van der Waals surface area contributed by atoms with Crippen LogP contribution in [-0.4, -0.2) is 9.38 Å². The van der Waals surface area contributed by atoms with Gasteiger partial charge in [-0.1, -0.05) is 43.7 Å². The summed E-state index contributed by atoms with van der Waals surface area (Å²) in [6, 6.07) is 16.0. The van der Waals surface area contributed by atoms with Crippen LogP contribution in [0.2, 0.25) is 0 Å². The fourth-order valence-electron chi connectivity index (χ4n) is 5.64. The van der Waals surface area contributed by atoms with Crippen LogP contribution in [0.5, 0.6) is 0 Å². The zero-order chi connectivity index (χ0) is 20.7. The third-order valence-electron chi connectivity index (χ3n) is 6.62. The minimum Gasteiger partial charge on any atom is -0.308 e. The molecule has 0 fully saturated rings. The lowest BCUT2D eigenvalue weighted by molar-refractivity contribution is 0.651. The van der Waals surface area contributed by atoms with E-state index in [1.54, 1.807) is 0 Å². The van der Waals surface area contributed by atoms with Crippen molar-refractivity contribution in [3.05, 3.63) is 70.9 Å². The van der Waals surface area contributed by atoms with Gasteiger partial charge < -0.3 is 4.40 Å². The molecule has 0 aliphatic rings. The number of hydrogen-bond donors (Lipinski definition) is 0. The smallest absolute Gasteiger partial charge is 0.0822 e.